The van der Waals surface area contributed by atoms with Crippen LogP contribution in [-0.4, -0.2) is 36.1 Å². The van der Waals surface area contributed by atoms with E-state index < -0.39 is 18.0 Å². The van der Waals surface area contributed by atoms with E-state index in [4.69, 9.17) is 5.73 Å². The Kier molecular flexibility index (Phi) is 3.84. The summed E-state index contributed by atoms with van der Waals surface area (Å²) in [6.07, 6.45) is -1.86. The van der Waals surface area contributed by atoms with Crippen LogP contribution in [0.25, 0.3) is 0 Å². The van der Waals surface area contributed by atoms with E-state index in [1.807, 2.05) is 0 Å². The van der Waals surface area contributed by atoms with Crippen LogP contribution in [0.15, 0.2) is 0 Å². The zero-order valence-electron chi connectivity index (χ0n) is 10.2. The lowest BCUT2D eigenvalue weighted by Crippen LogP contribution is -2.44. The molecule has 3 unspecified atom stereocenters. The molecular weight excluding hydrogens is 245 g/mol. The predicted molar refractivity (Wildman–Crippen MR) is 60.7 cm³/mol. The van der Waals surface area contributed by atoms with Crippen molar-refractivity contribution in [3.05, 3.63) is 0 Å². The molecular formula is C12H19F3N2O. The number of carbonyl (C=O) groups is 1. The summed E-state index contributed by atoms with van der Waals surface area (Å²) in [6, 6.07) is -0.0816. The van der Waals surface area contributed by atoms with E-state index in [-0.39, 0.29) is 18.4 Å². The van der Waals surface area contributed by atoms with Crippen LogP contribution in [0.3, 0.4) is 0 Å². The maximum atomic E-state index is 12.9. The van der Waals surface area contributed by atoms with Gasteiger partial charge in [-0.2, -0.15) is 13.2 Å². The van der Waals surface area contributed by atoms with Gasteiger partial charge in [0.2, 0.25) is 5.91 Å². The lowest BCUT2D eigenvalue weighted by Gasteiger charge is -2.34. The first kappa shape index (κ1) is 13.6. The average Bonchev–Trinajstić information content (AvgIpc) is 2.74. The van der Waals surface area contributed by atoms with Crippen LogP contribution in [0.2, 0.25) is 0 Å². The van der Waals surface area contributed by atoms with Crippen molar-refractivity contribution < 1.29 is 18.0 Å². The maximum Gasteiger partial charge on any atom is 0.392 e. The number of rotatable bonds is 1. The van der Waals surface area contributed by atoms with Crippen molar-refractivity contribution in [2.75, 3.05) is 13.1 Å². The van der Waals surface area contributed by atoms with Gasteiger partial charge in [0.05, 0.1) is 5.92 Å². The van der Waals surface area contributed by atoms with Crippen molar-refractivity contribution in [2.45, 2.75) is 44.3 Å². The van der Waals surface area contributed by atoms with Crippen LogP contribution in [0, 0.1) is 11.8 Å². The Morgan fingerprint density at radius 1 is 1.17 bits per heavy atom. The van der Waals surface area contributed by atoms with Crippen LogP contribution in [0.5, 0.6) is 0 Å². The lowest BCUT2D eigenvalue weighted by atomic mass is 9.78. The van der Waals surface area contributed by atoms with Crippen molar-refractivity contribution in [3.8, 4) is 0 Å². The molecule has 0 bridgehead atoms. The minimum atomic E-state index is -4.26. The van der Waals surface area contributed by atoms with Crippen molar-refractivity contribution in [2.24, 2.45) is 17.6 Å². The molecule has 6 heteroatoms. The summed E-state index contributed by atoms with van der Waals surface area (Å²) < 4.78 is 38.8. The number of nitrogens with two attached hydrogens (primary N) is 1. The molecule has 2 N–H and O–H groups in total. The van der Waals surface area contributed by atoms with Gasteiger partial charge in [0.1, 0.15) is 0 Å². The number of halogens is 3. The number of nitrogens with zero attached hydrogens (tertiary/aromatic N) is 1. The second-order valence-electron chi connectivity index (χ2n) is 5.37. The summed E-state index contributed by atoms with van der Waals surface area (Å²) in [5.41, 5.74) is 5.70. The third kappa shape index (κ3) is 2.79. The first-order chi connectivity index (χ1) is 8.39. The maximum absolute atomic E-state index is 12.9. The highest BCUT2D eigenvalue weighted by Crippen LogP contribution is 2.42. The van der Waals surface area contributed by atoms with Gasteiger partial charge in [0.15, 0.2) is 0 Å². The van der Waals surface area contributed by atoms with Gasteiger partial charge in [-0.15, -0.1) is 0 Å². The molecule has 0 spiro atoms. The van der Waals surface area contributed by atoms with E-state index in [9.17, 15) is 18.0 Å². The summed E-state index contributed by atoms with van der Waals surface area (Å²) in [4.78, 5) is 13.7. The standard InChI is InChI=1S/C12H19F3N2O/c13-12(14,15)10-4-2-1-3-9(10)11(18)17-6-5-8(16)7-17/h8-10H,1-7,16H2. The van der Waals surface area contributed by atoms with Gasteiger partial charge in [-0.3, -0.25) is 4.79 Å². The summed E-state index contributed by atoms with van der Waals surface area (Å²) in [5, 5.41) is 0. The molecule has 0 radical (unpaired) electrons. The van der Waals surface area contributed by atoms with E-state index >= 15 is 0 Å². The molecule has 1 heterocycles. The number of amides is 1. The van der Waals surface area contributed by atoms with Crippen LogP contribution < -0.4 is 5.73 Å². The Bertz CT molecular complexity index is 319. The minimum absolute atomic E-state index is 0.0816. The topological polar surface area (TPSA) is 46.3 Å². The largest absolute Gasteiger partial charge is 0.392 e. The van der Waals surface area contributed by atoms with Crippen molar-refractivity contribution >= 4 is 5.91 Å². The van der Waals surface area contributed by atoms with E-state index in [2.05, 4.69) is 0 Å². The fourth-order valence-electron chi connectivity index (χ4n) is 3.04. The van der Waals surface area contributed by atoms with Gasteiger partial charge in [-0.1, -0.05) is 12.8 Å². The molecule has 2 aliphatic rings. The molecule has 1 aliphatic heterocycles. The molecule has 0 aromatic carbocycles. The third-order valence-electron chi connectivity index (χ3n) is 4.04. The summed E-state index contributed by atoms with van der Waals surface area (Å²) in [6.45, 7) is 0.904. The Hall–Kier alpha value is -0.780. The Labute approximate surface area is 104 Å². The lowest BCUT2D eigenvalue weighted by molar-refractivity contribution is -0.200. The van der Waals surface area contributed by atoms with Gasteiger partial charge in [0, 0.05) is 25.0 Å². The summed E-state index contributed by atoms with van der Waals surface area (Å²) in [7, 11) is 0. The normalized spacial score (nSPS) is 33.8. The number of carbonyl (C=O) groups excluding carboxylic acids is 1. The van der Waals surface area contributed by atoms with Gasteiger partial charge >= 0.3 is 6.18 Å². The highest BCUT2D eigenvalue weighted by atomic mass is 19.4. The quantitative estimate of drug-likeness (QED) is 0.786. The highest BCUT2D eigenvalue weighted by Gasteiger charge is 2.49. The van der Waals surface area contributed by atoms with Crippen molar-refractivity contribution in [3.63, 3.8) is 0 Å². The van der Waals surface area contributed by atoms with Gasteiger partial charge in [0.25, 0.3) is 0 Å². The van der Waals surface area contributed by atoms with Gasteiger partial charge in [-0.25, -0.2) is 0 Å². The van der Waals surface area contributed by atoms with Crippen LogP contribution in [-0.2, 0) is 4.79 Å². The predicted octanol–water partition coefficient (Wildman–Crippen LogP) is 1.91. The Morgan fingerprint density at radius 3 is 2.39 bits per heavy atom. The summed E-state index contributed by atoms with van der Waals surface area (Å²) in [5.74, 6) is -2.69. The molecule has 1 amide bonds. The number of alkyl halides is 3. The molecule has 18 heavy (non-hydrogen) atoms. The number of hydrogen-bond acceptors (Lipinski definition) is 2. The zero-order chi connectivity index (χ0) is 13.3. The third-order valence-corrected chi connectivity index (χ3v) is 4.04. The zero-order valence-corrected chi connectivity index (χ0v) is 10.2. The molecule has 1 saturated heterocycles. The smallest absolute Gasteiger partial charge is 0.341 e. The first-order valence-electron chi connectivity index (χ1n) is 6.50. The van der Waals surface area contributed by atoms with Gasteiger partial charge < -0.3 is 10.6 Å². The molecule has 3 atom stereocenters. The van der Waals surface area contributed by atoms with Crippen molar-refractivity contribution in [1.29, 1.82) is 0 Å². The van der Waals surface area contributed by atoms with E-state index in [1.165, 1.54) is 4.90 Å². The molecule has 2 rings (SSSR count). The monoisotopic (exact) mass is 264 g/mol. The van der Waals surface area contributed by atoms with Crippen LogP contribution in [0.1, 0.15) is 32.1 Å². The fraction of sp³-hybridized carbons (Fsp3) is 0.917. The minimum Gasteiger partial charge on any atom is -0.341 e. The van der Waals surface area contributed by atoms with E-state index in [0.29, 0.717) is 38.8 Å². The van der Waals surface area contributed by atoms with E-state index in [0.717, 1.165) is 0 Å². The molecule has 3 nitrogen and oxygen atoms in total. The van der Waals surface area contributed by atoms with Crippen LogP contribution >= 0.6 is 0 Å². The SMILES string of the molecule is NC1CCN(C(=O)C2CCCCC2C(F)(F)F)C1. The Balaban J connectivity index is 2.07. The fourth-order valence-corrected chi connectivity index (χ4v) is 3.04. The molecule has 104 valence electrons. The Morgan fingerprint density at radius 2 is 1.83 bits per heavy atom. The highest BCUT2D eigenvalue weighted by molar-refractivity contribution is 5.79. The first-order valence-corrected chi connectivity index (χ1v) is 6.50. The number of likely N-dealkylation sites (tertiary alicyclic amines) is 1. The molecule has 1 saturated carbocycles. The molecule has 1 aliphatic carbocycles. The van der Waals surface area contributed by atoms with Crippen molar-refractivity contribution in [1.82, 2.24) is 4.90 Å². The second-order valence-corrected chi connectivity index (χ2v) is 5.37. The van der Waals surface area contributed by atoms with E-state index in [1.54, 1.807) is 0 Å². The van der Waals surface area contributed by atoms with Crippen LogP contribution in [0.4, 0.5) is 13.2 Å². The number of hydrogen-bond donors (Lipinski definition) is 1. The van der Waals surface area contributed by atoms with Gasteiger partial charge in [-0.05, 0) is 19.3 Å². The molecule has 0 aromatic rings. The molecule has 0 aromatic heterocycles. The second kappa shape index (κ2) is 5.07. The average molecular weight is 264 g/mol. The summed E-state index contributed by atoms with van der Waals surface area (Å²) >= 11 is 0. The molecule has 2 fully saturated rings.